The quantitative estimate of drug-likeness (QED) is 0.828. The normalized spacial score (nSPS) is 22.0. The Labute approximate surface area is 129 Å². The molecular weight excluding hydrogens is 282 g/mol. The van der Waals surface area contributed by atoms with E-state index in [-0.39, 0.29) is 12.1 Å². The summed E-state index contributed by atoms with van der Waals surface area (Å²) in [6.07, 6.45) is 1.18. The number of piperazine rings is 1. The van der Waals surface area contributed by atoms with Crippen molar-refractivity contribution < 1.29 is 14.7 Å². The zero-order chi connectivity index (χ0) is 15.7. The summed E-state index contributed by atoms with van der Waals surface area (Å²) in [5.74, 6) is -0.958. The lowest BCUT2D eigenvalue weighted by Gasteiger charge is -2.28. The van der Waals surface area contributed by atoms with Gasteiger partial charge >= 0.3 is 12.0 Å². The summed E-state index contributed by atoms with van der Waals surface area (Å²) in [6.45, 7) is 4.87. The van der Waals surface area contributed by atoms with Gasteiger partial charge in [0, 0.05) is 37.9 Å². The van der Waals surface area contributed by atoms with E-state index in [1.54, 1.807) is 11.8 Å². The van der Waals surface area contributed by atoms with Crippen molar-refractivity contribution in [3.63, 3.8) is 0 Å². The van der Waals surface area contributed by atoms with Crippen LogP contribution >= 0.6 is 0 Å². The van der Waals surface area contributed by atoms with Gasteiger partial charge in [0.2, 0.25) is 0 Å². The van der Waals surface area contributed by atoms with Crippen molar-refractivity contribution in [2.75, 3.05) is 31.1 Å². The molecule has 0 radical (unpaired) electrons. The van der Waals surface area contributed by atoms with E-state index in [0.29, 0.717) is 12.1 Å². The lowest BCUT2D eigenvalue weighted by atomic mass is 10.1. The first kappa shape index (κ1) is 14.6. The van der Waals surface area contributed by atoms with Gasteiger partial charge in [0.15, 0.2) is 0 Å². The first-order valence-electron chi connectivity index (χ1n) is 7.37. The number of benzene rings is 1. The largest absolute Gasteiger partial charge is 0.478 e. The number of nitrogens with zero attached hydrogens (tertiary/aromatic N) is 2. The molecule has 1 aromatic carbocycles. The van der Waals surface area contributed by atoms with Gasteiger partial charge in [0.25, 0.3) is 0 Å². The number of nitrogens with one attached hydrogen (secondary N) is 1. The highest BCUT2D eigenvalue weighted by Crippen LogP contribution is 2.26. The molecular formula is C16H19N3O3. The summed E-state index contributed by atoms with van der Waals surface area (Å²) in [4.78, 5) is 26.9. The predicted molar refractivity (Wildman–Crippen MR) is 83.8 cm³/mol. The number of aliphatic carboxylic acids is 1. The average molecular weight is 301 g/mol. The van der Waals surface area contributed by atoms with E-state index in [9.17, 15) is 9.59 Å². The van der Waals surface area contributed by atoms with E-state index in [4.69, 9.17) is 5.11 Å². The average Bonchev–Trinajstić information content (AvgIpc) is 2.84. The fourth-order valence-electron chi connectivity index (χ4n) is 3.01. The molecule has 2 fully saturated rings. The zero-order valence-corrected chi connectivity index (χ0v) is 12.5. The summed E-state index contributed by atoms with van der Waals surface area (Å²) in [5, 5.41) is 12.1. The third-order valence-electron chi connectivity index (χ3n) is 4.19. The molecule has 0 bridgehead atoms. The van der Waals surface area contributed by atoms with E-state index < -0.39 is 5.97 Å². The number of fused-ring (bicyclic) bond motifs is 1. The standard InChI is InChI=1S/C16H19N3O3/c1-11(8-15(20)21)12-2-4-13(5-3-12)19-10-14-9-17-6-7-18(14)16(19)22/h2-5,8,14,17H,6-7,9-10H2,1H3,(H,20,21)/b11-8+/t14-/m0/s1. The maximum absolute atomic E-state index is 12.4. The lowest BCUT2D eigenvalue weighted by Crippen LogP contribution is -2.49. The van der Waals surface area contributed by atoms with Crippen molar-refractivity contribution in [1.82, 2.24) is 10.2 Å². The van der Waals surface area contributed by atoms with E-state index in [1.807, 2.05) is 29.2 Å². The van der Waals surface area contributed by atoms with Crippen LogP contribution in [0, 0.1) is 0 Å². The second-order valence-electron chi connectivity index (χ2n) is 5.66. The molecule has 2 aliphatic rings. The van der Waals surface area contributed by atoms with Gasteiger partial charge < -0.3 is 15.3 Å². The lowest BCUT2D eigenvalue weighted by molar-refractivity contribution is -0.131. The molecule has 0 spiro atoms. The van der Waals surface area contributed by atoms with Crippen molar-refractivity contribution in [3.05, 3.63) is 35.9 Å². The zero-order valence-electron chi connectivity index (χ0n) is 12.5. The molecule has 116 valence electrons. The molecule has 2 aliphatic heterocycles. The molecule has 3 rings (SSSR count). The van der Waals surface area contributed by atoms with Gasteiger partial charge in [-0.2, -0.15) is 0 Å². The van der Waals surface area contributed by atoms with Crippen molar-refractivity contribution in [1.29, 1.82) is 0 Å². The molecule has 2 heterocycles. The van der Waals surface area contributed by atoms with Crippen molar-refractivity contribution in [2.24, 2.45) is 0 Å². The third-order valence-corrected chi connectivity index (χ3v) is 4.19. The Kier molecular flexibility index (Phi) is 3.85. The van der Waals surface area contributed by atoms with Crippen LogP contribution in [-0.4, -0.2) is 54.2 Å². The van der Waals surface area contributed by atoms with Crippen LogP contribution in [0.15, 0.2) is 30.3 Å². The Hall–Kier alpha value is -2.34. The van der Waals surface area contributed by atoms with Gasteiger partial charge in [0.05, 0.1) is 6.04 Å². The highest BCUT2D eigenvalue weighted by molar-refractivity contribution is 5.95. The van der Waals surface area contributed by atoms with Crippen LogP contribution in [0.3, 0.4) is 0 Å². The van der Waals surface area contributed by atoms with Crippen molar-refractivity contribution in [3.8, 4) is 0 Å². The Balaban J connectivity index is 1.79. The molecule has 22 heavy (non-hydrogen) atoms. The Bertz CT molecular complexity index is 624. The van der Waals surface area contributed by atoms with Gasteiger partial charge in [-0.3, -0.25) is 4.90 Å². The number of anilines is 1. The molecule has 6 heteroatoms. The van der Waals surface area contributed by atoms with Crippen molar-refractivity contribution in [2.45, 2.75) is 13.0 Å². The molecule has 6 nitrogen and oxygen atoms in total. The summed E-state index contributed by atoms with van der Waals surface area (Å²) in [5.41, 5.74) is 2.39. The van der Waals surface area contributed by atoms with Gasteiger partial charge in [-0.1, -0.05) is 12.1 Å². The number of carboxylic acids is 1. The number of carbonyl (C=O) groups is 2. The molecule has 0 aliphatic carbocycles. The number of hydrogen-bond donors (Lipinski definition) is 2. The molecule has 0 unspecified atom stereocenters. The first-order chi connectivity index (χ1) is 10.6. The van der Waals surface area contributed by atoms with Crippen LogP contribution in [0.4, 0.5) is 10.5 Å². The molecule has 2 saturated heterocycles. The fourth-order valence-corrected chi connectivity index (χ4v) is 3.01. The molecule has 2 amide bonds. The molecule has 2 N–H and O–H groups in total. The van der Waals surface area contributed by atoms with Gasteiger partial charge in [-0.05, 0) is 30.2 Å². The maximum atomic E-state index is 12.4. The maximum Gasteiger partial charge on any atom is 0.328 e. The number of rotatable bonds is 3. The number of urea groups is 1. The van der Waals surface area contributed by atoms with Crippen LogP contribution in [0.5, 0.6) is 0 Å². The van der Waals surface area contributed by atoms with Crippen molar-refractivity contribution >= 4 is 23.3 Å². The van der Waals surface area contributed by atoms with Crippen LogP contribution in [-0.2, 0) is 4.79 Å². The summed E-state index contributed by atoms with van der Waals surface area (Å²) < 4.78 is 0. The van der Waals surface area contributed by atoms with Gasteiger partial charge in [0.1, 0.15) is 0 Å². The first-order valence-corrected chi connectivity index (χ1v) is 7.37. The smallest absolute Gasteiger partial charge is 0.328 e. The predicted octanol–water partition coefficient (Wildman–Crippen LogP) is 1.39. The molecule has 1 atom stereocenters. The highest BCUT2D eigenvalue weighted by Gasteiger charge is 2.38. The van der Waals surface area contributed by atoms with Crippen LogP contribution in [0.1, 0.15) is 12.5 Å². The minimum absolute atomic E-state index is 0.0528. The monoisotopic (exact) mass is 301 g/mol. The van der Waals surface area contributed by atoms with Gasteiger partial charge in [-0.25, -0.2) is 9.59 Å². The van der Waals surface area contributed by atoms with E-state index in [0.717, 1.165) is 30.9 Å². The Morgan fingerprint density at radius 3 is 2.73 bits per heavy atom. The summed E-state index contributed by atoms with van der Waals surface area (Å²) >= 11 is 0. The van der Waals surface area contributed by atoms with Gasteiger partial charge in [-0.15, -0.1) is 0 Å². The fraction of sp³-hybridized carbons (Fsp3) is 0.375. The topological polar surface area (TPSA) is 72.9 Å². The molecule has 1 aromatic rings. The minimum Gasteiger partial charge on any atom is -0.478 e. The Morgan fingerprint density at radius 2 is 2.09 bits per heavy atom. The van der Waals surface area contributed by atoms with Crippen LogP contribution < -0.4 is 10.2 Å². The van der Waals surface area contributed by atoms with E-state index >= 15 is 0 Å². The minimum atomic E-state index is -0.958. The number of hydrogen-bond acceptors (Lipinski definition) is 3. The third kappa shape index (κ3) is 2.69. The van der Waals surface area contributed by atoms with E-state index in [2.05, 4.69) is 5.32 Å². The summed E-state index contributed by atoms with van der Waals surface area (Å²) in [7, 11) is 0. The SMILES string of the molecule is C/C(=C\C(=O)O)c1ccc(N2C[C@@H]3CNCCN3C2=O)cc1. The molecule has 0 aromatic heterocycles. The number of carbonyl (C=O) groups excluding carboxylic acids is 1. The second kappa shape index (κ2) is 5.81. The summed E-state index contributed by atoms with van der Waals surface area (Å²) in [6, 6.07) is 7.74. The number of amides is 2. The second-order valence-corrected chi connectivity index (χ2v) is 5.66. The number of carboxylic acid groups (broad SMARTS) is 1. The van der Waals surface area contributed by atoms with E-state index in [1.165, 1.54) is 6.08 Å². The van der Waals surface area contributed by atoms with Crippen LogP contribution in [0.2, 0.25) is 0 Å². The van der Waals surface area contributed by atoms with Crippen LogP contribution in [0.25, 0.3) is 5.57 Å². The Morgan fingerprint density at radius 1 is 1.36 bits per heavy atom. The molecule has 0 saturated carbocycles. The highest BCUT2D eigenvalue weighted by atomic mass is 16.4. The number of allylic oxidation sites excluding steroid dienone is 1.